The molecule has 0 saturated carbocycles. The van der Waals surface area contributed by atoms with Crippen LogP contribution in [0.1, 0.15) is 55.3 Å². The Morgan fingerprint density at radius 2 is 1.94 bits per heavy atom. The number of anilines is 1. The minimum Gasteiger partial charge on any atom is -0.352 e. The van der Waals surface area contributed by atoms with Crippen LogP contribution in [0.25, 0.3) is 0 Å². The van der Waals surface area contributed by atoms with Crippen molar-refractivity contribution in [3.8, 4) is 0 Å². The van der Waals surface area contributed by atoms with E-state index in [2.05, 4.69) is 57.3 Å². The van der Waals surface area contributed by atoms with Crippen LogP contribution in [0, 0.1) is 6.92 Å². The maximum absolute atomic E-state index is 12.7. The van der Waals surface area contributed by atoms with Gasteiger partial charge in [0, 0.05) is 42.8 Å². The maximum Gasteiger partial charge on any atom is 0.226 e. The molecule has 1 amide bonds. The third-order valence-corrected chi connectivity index (χ3v) is 6.22. The standard InChI is InChI=1S/C25H29N5OS/c1-17(2)29-15-8-12-21(29)24-23(20-11-6-7-14-26-20)28-25(32)30(24)16-13-22(31)27-19-10-5-4-9-18(19)3/h4-12,14-15,17,23-24H,13,16H2,1-3H3,(H,27,31)(H,28,32)/t23-,24-/m1/s1. The number of aryl methyl sites for hydroxylation is 1. The molecule has 2 atom stereocenters. The Morgan fingerprint density at radius 1 is 1.16 bits per heavy atom. The van der Waals surface area contributed by atoms with Gasteiger partial charge in [0.25, 0.3) is 0 Å². The first-order valence-electron chi connectivity index (χ1n) is 11.0. The molecule has 1 fully saturated rings. The monoisotopic (exact) mass is 447 g/mol. The Balaban J connectivity index is 1.58. The van der Waals surface area contributed by atoms with Crippen molar-refractivity contribution in [1.29, 1.82) is 0 Å². The lowest BCUT2D eigenvalue weighted by molar-refractivity contribution is -0.116. The summed E-state index contributed by atoms with van der Waals surface area (Å²) in [5, 5.41) is 7.13. The molecule has 6 nitrogen and oxygen atoms in total. The van der Waals surface area contributed by atoms with Gasteiger partial charge in [-0.15, -0.1) is 0 Å². The Morgan fingerprint density at radius 3 is 2.66 bits per heavy atom. The predicted molar refractivity (Wildman–Crippen MR) is 131 cm³/mol. The van der Waals surface area contributed by atoms with Gasteiger partial charge < -0.3 is 20.1 Å². The molecule has 0 unspecified atom stereocenters. The number of benzene rings is 1. The van der Waals surface area contributed by atoms with E-state index in [-0.39, 0.29) is 18.0 Å². The van der Waals surface area contributed by atoms with E-state index in [1.54, 1.807) is 6.20 Å². The van der Waals surface area contributed by atoms with Crippen LogP contribution in [0.2, 0.25) is 0 Å². The van der Waals surface area contributed by atoms with Crippen molar-refractivity contribution in [2.75, 3.05) is 11.9 Å². The smallest absolute Gasteiger partial charge is 0.226 e. The number of thiocarbonyl (C=S) groups is 1. The van der Waals surface area contributed by atoms with Crippen molar-refractivity contribution in [2.45, 2.75) is 45.3 Å². The lowest BCUT2D eigenvalue weighted by Crippen LogP contribution is -2.33. The number of carbonyl (C=O) groups excluding carboxylic acids is 1. The van der Waals surface area contributed by atoms with Gasteiger partial charge in [-0.05, 0) is 68.9 Å². The van der Waals surface area contributed by atoms with E-state index >= 15 is 0 Å². The van der Waals surface area contributed by atoms with Crippen molar-refractivity contribution in [1.82, 2.24) is 19.8 Å². The van der Waals surface area contributed by atoms with E-state index in [9.17, 15) is 4.79 Å². The zero-order valence-electron chi connectivity index (χ0n) is 18.7. The molecular formula is C25H29N5OS. The number of carbonyl (C=O) groups is 1. The number of hydrogen-bond donors (Lipinski definition) is 2. The van der Waals surface area contributed by atoms with Gasteiger partial charge in [-0.1, -0.05) is 24.3 Å². The van der Waals surface area contributed by atoms with Gasteiger partial charge in [0.1, 0.15) is 0 Å². The van der Waals surface area contributed by atoms with Crippen molar-refractivity contribution in [2.24, 2.45) is 0 Å². The molecule has 32 heavy (non-hydrogen) atoms. The Hall–Kier alpha value is -3.19. The summed E-state index contributed by atoms with van der Waals surface area (Å²) < 4.78 is 2.26. The molecule has 2 N–H and O–H groups in total. The number of amides is 1. The largest absolute Gasteiger partial charge is 0.352 e. The molecule has 7 heteroatoms. The molecule has 0 spiro atoms. The molecule has 3 heterocycles. The quantitative estimate of drug-likeness (QED) is 0.511. The van der Waals surface area contributed by atoms with Gasteiger partial charge in [-0.2, -0.15) is 0 Å². The van der Waals surface area contributed by atoms with Crippen molar-refractivity contribution in [3.05, 3.63) is 83.9 Å². The SMILES string of the molecule is Cc1ccccc1NC(=O)CCN1C(=S)N[C@H](c2ccccn2)[C@H]1c1cccn1C(C)C. The molecule has 4 rings (SSSR count). The molecular weight excluding hydrogens is 418 g/mol. The zero-order valence-corrected chi connectivity index (χ0v) is 19.5. The second-order valence-electron chi connectivity index (χ2n) is 8.37. The molecule has 1 saturated heterocycles. The van der Waals surface area contributed by atoms with Crippen LogP contribution in [0.5, 0.6) is 0 Å². The van der Waals surface area contributed by atoms with Crippen LogP contribution in [-0.4, -0.2) is 32.0 Å². The number of nitrogens with one attached hydrogen (secondary N) is 2. The predicted octanol–water partition coefficient (Wildman–Crippen LogP) is 4.77. The van der Waals surface area contributed by atoms with Crippen LogP contribution in [-0.2, 0) is 4.79 Å². The third kappa shape index (κ3) is 4.53. The summed E-state index contributed by atoms with van der Waals surface area (Å²) in [6, 6.07) is 18.1. The minimum absolute atomic E-state index is 0.0265. The molecule has 1 aliphatic heterocycles. The van der Waals surface area contributed by atoms with E-state index < -0.39 is 0 Å². The summed E-state index contributed by atoms with van der Waals surface area (Å²) >= 11 is 5.73. The number of aromatic nitrogens is 2. The minimum atomic E-state index is -0.0875. The highest BCUT2D eigenvalue weighted by atomic mass is 32.1. The lowest BCUT2D eigenvalue weighted by Gasteiger charge is -2.29. The highest BCUT2D eigenvalue weighted by Crippen LogP contribution is 2.39. The summed E-state index contributed by atoms with van der Waals surface area (Å²) in [5.41, 5.74) is 3.98. The Bertz CT molecular complexity index is 1090. The van der Waals surface area contributed by atoms with Crippen LogP contribution in [0.4, 0.5) is 5.69 Å². The van der Waals surface area contributed by atoms with E-state index in [4.69, 9.17) is 12.2 Å². The van der Waals surface area contributed by atoms with Crippen LogP contribution in [0.15, 0.2) is 67.0 Å². The highest BCUT2D eigenvalue weighted by molar-refractivity contribution is 7.80. The Kier molecular flexibility index (Phi) is 6.55. The maximum atomic E-state index is 12.7. The second kappa shape index (κ2) is 9.53. The zero-order chi connectivity index (χ0) is 22.7. The number of pyridine rings is 1. The van der Waals surface area contributed by atoms with Gasteiger partial charge in [0.05, 0.1) is 17.8 Å². The number of para-hydroxylation sites is 1. The fourth-order valence-corrected chi connectivity index (χ4v) is 4.58. The summed E-state index contributed by atoms with van der Waals surface area (Å²) in [4.78, 5) is 19.4. The molecule has 1 aliphatic rings. The number of hydrogen-bond acceptors (Lipinski definition) is 3. The van der Waals surface area contributed by atoms with E-state index in [1.807, 2.05) is 49.4 Å². The molecule has 166 valence electrons. The van der Waals surface area contributed by atoms with E-state index in [0.717, 1.165) is 22.6 Å². The lowest BCUT2D eigenvalue weighted by atomic mass is 10.0. The highest BCUT2D eigenvalue weighted by Gasteiger charge is 2.41. The average Bonchev–Trinajstić information content (AvgIpc) is 3.39. The molecule has 0 aliphatic carbocycles. The van der Waals surface area contributed by atoms with Crippen LogP contribution < -0.4 is 10.6 Å². The first-order valence-corrected chi connectivity index (χ1v) is 11.4. The molecule has 3 aromatic rings. The molecule has 1 aromatic carbocycles. The normalized spacial score (nSPS) is 18.1. The van der Waals surface area contributed by atoms with Gasteiger partial charge in [0.2, 0.25) is 5.91 Å². The van der Waals surface area contributed by atoms with Gasteiger partial charge in [0.15, 0.2) is 5.11 Å². The fourth-order valence-electron chi connectivity index (χ4n) is 4.24. The summed E-state index contributed by atoms with van der Waals surface area (Å²) in [6.07, 6.45) is 4.24. The molecule has 0 radical (unpaired) electrons. The van der Waals surface area contributed by atoms with E-state index in [1.165, 1.54) is 0 Å². The summed E-state index contributed by atoms with van der Waals surface area (Å²) in [7, 11) is 0. The van der Waals surface area contributed by atoms with Crippen LogP contribution in [0.3, 0.4) is 0 Å². The van der Waals surface area contributed by atoms with Gasteiger partial charge >= 0.3 is 0 Å². The third-order valence-electron chi connectivity index (χ3n) is 5.87. The van der Waals surface area contributed by atoms with Crippen LogP contribution >= 0.6 is 12.2 Å². The van der Waals surface area contributed by atoms with Gasteiger partial charge in [-0.3, -0.25) is 9.78 Å². The van der Waals surface area contributed by atoms with Crippen molar-refractivity contribution in [3.63, 3.8) is 0 Å². The molecule has 0 bridgehead atoms. The second-order valence-corrected chi connectivity index (χ2v) is 8.75. The summed E-state index contributed by atoms with van der Waals surface area (Å²) in [5.74, 6) is -0.0265. The number of nitrogens with zero attached hydrogens (tertiary/aromatic N) is 3. The molecule has 2 aromatic heterocycles. The fraction of sp³-hybridized carbons (Fsp3) is 0.320. The number of rotatable bonds is 7. The van der Waals surface area contributed by atoms with Crippen molar-refractivity contribution >= 4 is 28.9 Å². The summed E-state index contributed by atoms with van der Waals surface area (Å²) in [6.45, 7) is 6.84. The van der Waals surface area contributed by atoms with E-state index in [0.29, 0.717) is 24.1 Å². The average molecular weight is 448 g/mol. The first kappa shape index (κ1) is 22.0. The van der Waals surface area contributed by atoms with Crippen molar-refractivity contribution < 1.29 is 4.79 Å². The first-order chi connectivity index (χ1) is 15.5. The van der Waals surface area contributed by atoms with Gasteiger partial charge in [-0.25, -0.2) is 0 Å². The topological polar surface area (TPSA) is 62.2 Å². The Labute approximate surface area is 194 Å².